The topological polar surface area (TPSA) is 60.2 Å². The Bertz CT molecular complexity index is 500. The summed E-state index contributed by atoms with van der Waals surface area (Å²) in [6.07, 6.45) is 1.67. The second-order valence-corrected chi connectivity index (χ2v) is 3.53. The SMILES string of the molecule is CCOc1ccccc1Nc1cc(N)ccn1. The number of hydrogen-bond acceptors (Lipinski definition) is 4. The highest BCUT2D eigenvalue weighted by Crippen LogP contribution is 2.26. The highest BCUT2D eigenvalue weighted by Gasteiger charge is 2.03. The number of aromatic nitrogens is 1. The lowest BCUT2D eigenvalue weighted by atomic mass is 10.3. The van der Waals surface area contributed by atoms with Crippen molar-refractivity contribution < 1.29 is 4.74 Å². The maximum atomic E-state index is 5.70. The van der Waals surface area contributed by atoms with Crippen molar-refractivity contribution in [3.8, 4) is 5.75 Å². The van der Waals surface area contributed by atoms with Gasteiger partial charge in [0.1, 0.15) is 11.6 Å². The molecule has 0 amide bonds. The van der Waals surface area contributed by atoms with E-state index in [1.807, 2.05) is 31.2 Å². The molecule has 1 heterocycles. The Balaban J connectivity index is 2.23. The van der Waals surface area contributed by atoms with Crippen LogP contribution in [0.5, 0.6) is 5.75 Å². The monoisotopic (exact) mass is 229 g/mol. The van der Waals surface area contributed by atoms with Gasteiger partial charge in [0.2, 0.25) is 0 Å². The average molecular weight is 229 g/mol. The minimum absolute atomic E-state index is 0.628. The molecule has 0 aliphatic rings. The summed E-state index contributed by atoms with van der Waals surface area (Å²) in [5, 5.41) is 3.18. The Morgan fingerprint density at radius 2 is 2.12 bits per heavy atom. The van der Waals surface area contributed by atoms with Gasteiger partial charge in [-0.3, -0.25) is 0 Å². The molecular formula is C13H15N3O. The second-order valence-electron chi connectivity index (χ2n) is 3.53. The molecule has 0 aliphatic carbocycles. The molecule has 0 fully saturated rings. The molecule has 0 unspecified atom stereocenters. The van der Waals surface area contributed by atoms with Crippen LogP contribution in [-0.2, 0) is 0 Å². The van der Waals surface area contributed by atoms with Crippen molar-refractivity contribution in [3.63, 3.8) is 0 Å². The van der Waals surface area contributed by atoms with Crippen LogP contribution in [0.15, 0.2) is 42.6 Å². The number of rotatable bonds is 4. The highest BCUT2D eigenvalue weighted by atomic mass is 16.5. The second kappa shape index (κ2) is 5.21. The first-order valence-corrected chi connectivity index (χ1v) is 5.50. The van der Waals surface area contributed by atoms with Gasteiger partial charge in [0.05, 0.1) is 12.3 Å². The molecule has 0 bridgehead atoms. The molecule has 17 heavy (non-hydrogen) atoms. The minimum atomic E-state index is 0.628. The molecule has 1 aromatic heterocycles. The van der Waals surface area contributed by atoms with Gasteiger partial charge in [-0.2, -0.15) is 0 Å². The van der Waals surface area contributed by atoms with E-state index in [0.29, 0.717) is 18.1 Å². The van der Waals surface area contributed by atoms with Crippen molar-refractivity contribution in [2.45, 2.75) is 6.92 Å². The van der Waals surface area contributed by atoms with E-state index in [1.54, 1.807) is 18.3 Å². The predicted octanol–water partition coefficient (Wildman–Crippen LogP) is 2.81. The van der Waals surface area contributed by atoms with Crippen LogP contribution in [0.4, 0.5) is 17.2 Å². The zero-order valence-corrected chi connectivity index (χ0v) is 9.68. The quantitative estimate of drug-likeness (QED) is 0.846. The lowest BCUT2D eigenvalue weighted by Gasteiger charge is -2.11. The minimum Gasteiger partial charge on any atom is -0.492 e. The third-order valence-corrected chi connectivity index (χ3v) is 2.23. The van der Waals surface area contributed by atoms with Crippen LogP contribution < -0.4 is 15.8 Å². The summed E-state index contributed by atoms with van der Waals surface area (Å²) in [7, 11) is 0. The third-order valence-electron chi connectivity index (χ3n) is 2.23. The number of ether oxygens (including phenoxy) is 1. The standard InChI is InChI=1S/C13H15N3O/c1-2-17-12-6-4-3-5-11(12)16-13-9-10(14)7-8-15-13/h3-9H,2H2,1H3,(H3,14,15,16). The van der Waals surface area contributed by atoms with E-state index in [9.17, 15) is 0 Å². The third kappa shape index (κ3) is 2.87. The van der Waals surface area contributed by atoms with E-state index >= 15 is 0 Å². The van der Waals surface area contributed by atoms with Gasteiger partial charge >= 0.3 is 0 Å². The van der Waals surface area contributed by atoms with Gasteiger partial charge in [-0.05, 0) is 25.1 Å². The molecule has 88 valence electrons. The molecule has 0 saturated heterocycles. The largest absolute Gasteiger partial charge is 0.492 e. The average Bonchev–Trinajstić information content (AvgIpc) is 2.32. The van der Waals surface area contributed by atoms with Crippen LogP contribution in [0.3, 0.4) is 0 Å². The van der Waals surface area contributed by atoms with Crippen LogP contribution in [-0.4, -0.2) is 11.6 Å². The van der Waals surface area contributed by atoms with Gasteiger partial charge in [0, 0.05) is 18.0 Å². The zero-order valence-electron chi connectivity index (χ0n) is 9.68. The molecule has 2 rings (SSSR count). The van der Waals surface area contributed by atoms with Gasteiger partial charge in [-0.15, -0.1) is 0 Å². The summed E-state index contributed by atoms with van der Waals surface area (Å²) >= 11 is 0. The molecule has 2 aromatic rings. The summed E-state index contributed by atoms with van der Waals surface area (Å²) in [6, 6.07) is 11.3. The fraction of sp³-hybridized carbons (Fsp3) is 0.154. The summed E-state index contributed by atoms with van der Waals surface area (Å²) < 4.78 is 5.52. The number of nitrogens with zero attached hydrogens (tertiary/aromatic N) is 1. The Kier molecular flexibility index (Phi) is 3.45. The van der Waals surface area contributed by atoms with Crippen molar-refractivity contribution in [2.75, 3.05) is 17.7 Å². The Morgan fingerprint density at radius 1 is 1.29 bits per heavy atom. The molecule has 0 atom stereocenters. The van der Waals surface area contributed by atoms with Crippen LogP contribution in [0.1, 0.15) is 6.92 Å². The van der Waals surface area contributed by atoms with Crippen molar-refractivity contribution in [1.29, 1.82) is 0 Å². The number of hydrogen-bond donors (Lipinski definition) is 2. The Labute approximate surface area is 100 Å². The summed E-state index contributed by atoms with van der Waals surface area (Å²) in [5.41, 5.74) is 7.26. The fourth-order valence-electron chi connectivity index (χ4n) is 1.50. The molecule has 4 nitrogen and oxygen atoms in total. The summed E-state index contributed by atoms with van der Waals surface area (Å²) in [6.45, 7) is 2.58. The van der Waals surface area contributed by atoms with Crippen LogP contribution in [0, 0.1) is 0 Å². The first-order valence-electron chi connectivity index (χ1n) is 5.50. The molecule has 0 radical (unpaired) electrons. The zero-order chi connectivity index (χ0) is 12.1. The maximum absolute atomic E-state index is 5.70. The molecule has 0 spiro atoms. The highest BCUT2D eigenvalue weighted by molar-refractivity contribution is 5.65. The number of benzene rings is 1. The first kappa shape index (κ1) is 11.3. The number of pyridine rings is 1. The van der Waals surface area contributed by atoms with Crippen LogP contribution in [0.25, 0.3) is 0 Å². The lowest BCUT2D eigenvalue weighted by Crippen LogP contribution is -1.99. The van der Waals surface area contributed by atoms with E-state index < -0.39 is 0 Å². The molecule has 4 heteroatoms. The normalized spacial score (nSPS) is 9.94. The first-order chi connectivity index (χ1) is 8.29. The van der Waals surface area contributed by atoms with Gasteiger partial charge in [-0.25, -0.2) is 4.98 Å². The molecular weight excluding hydrogens is 214 g/mol. The smallest absolute Gasteiger partial charge is 0.142 e. The lowest BCUT2D eigenvalue weighted by molar-refractivity contribution is 0.342. The van der Waals surface area contributed by atoms with Gasteiger partial charge in [-0.1, -0.05) is 12.1 Å². The van der Waals surface area contributed by atoms with E-state index in [2.05, 4.69) is 10.3 Å². The van der Waals surface area contributed by atoms with E-state index in [0.717, 1.165) is 11.4 Å². The molecule has 1 aromatic carbocycles. The number of para-hydroxylation sites is 2. The van der Waals surface area contributed by atoms with Crippen molar-refractivity contribution in [1.82, 2.24) is 4.98 Å². The number of nitrogens with one attached hydrogen (secondary N) is 1. The predicted molar refractivity (Wildman–Crippen MR) is 69.5 cm³/mol. The van der Waals surface area contributed by atoms with Crippen molar-refractivity contribution in [2.24, 2.45) is 0 Å². The van der Waals surface area contributed by atoms with Crippen molar-refractivity contribution >= 4 is 17.2 Å². The van der Waals surface area contributed by atoms with E-state index in [4.69, 9.17) is 10.5 Å². The Morgan fingerprint density at radius 3 is 2.88 bits per heavy atom. The number of anilines is 3. The number of nitrogen functional groups attached to an aromatic ring is 1. The number of nitrogens with two attached hydrogens (primary N) is 1. The molecule has 0 saturated carbocycles. The van der Waals surface area contributed by atoms with Crippen LogP contribution in [0.2, 0.25) is 0 Å². The fourth-order valence-corrected chi connectivity index (χ4v) is 1.50. The maximum Gasteiger partial charge on any atom is 0.142 e. The van der Waals surface area contributed by atoms with E-state index in [-0.39, 0.29) is 0 Å². The van der Waals surface area contributed by atoms with Gasteiger partial charge in [0.25, 0.3) is 0 Å². The van der Waals surface area contributed by atoms with Crippen LogP contribution >= 0.6 is 0 Å². The van der Waals surface area contributed by atoms with Gasteiger partial charge < -0.3 is 15.8 Å². The summed E-state index contributed by atoms with van der Waals surface area (Å²) in [5.74, 6) is 1.51. The molecule has 3 N–H and O–H groups in total. The molecule has 0 aliphatic heterocycles. The van der Waals surface area contributed by atoms with Crippen molar-refractivity contribution in [3.05, 3.63) is 42.6 Å². The summed E-state index contributed by atoms with van der Waals surface area (Å²) in [4.78, 5) is 4.19. The Hall–Kier alpha value is -2.23. The van der Waals surface area contributed by atoms with Gasteiger partial charge in [0.15, 0.2) is 0 Å². The van der Waals surface area contributed by atoms with E-state index in [1.165, 1.54) is 0 Å².